The van der Waals surface area contributed by atoms with E-state index < -0.39 is 5.97 Å². The summed E-state index contributed by atoms with van der Waals surface area (Å²) in [5.74, 6) is -1.00. The van der Waals surface area contributed by atoms with Gasteiger partial charge in [0, 0.05) is 13.1 Å². The fourth-order valence-electron chi connectivity index (χ4n) is 1.83. The van der Waals surface area contributed by atoms with Gasteiger partial charge in [-0.1, -0.05) is 20.8 Å². The number of aliphatic carboxylic acids is 1. The van der Waals surface area contributed by atoms with E-state index in [1.165, 1.54) is 4.90 Å². The van der Waals surface area contributed by atoms with Gasteiger partial charge >= 0.3 is 5.97 Å². The minimum atomic E-state index is -0.980. The van der Waals surface area contributed by atoms with E-state index in [2.05, 4.69) is 0 Å². The molecule has 17 heavy (non-hydrogen) atoms. The van der Waals surface area contributed by atoms with Crippen molar-refractivity contribution < 1.29 is 14.7 Å². The van der Waals surface area contributed by atoms with Gasteiger partial charge in [0.15, 0.2) is 0 Å². The monoisotopic (exact) mass is 244 g/mol. The maximum Gasteiger partial charge on any atom is 0.323 e. The highest BCUT2D eigenvalue weighted by Gasteiger charge is 2.24. The first kappa shape index (κ1) is 15.9. The van der Waals surface area contributed by atoms with E-state index in [0.29, 0.717) is 18.9 Å². The Hall–Kier alpha value is -1.10. The smallest absolute Gasteiger partial charge is 0.323 e. The van der Waals surface area contributed by atoms with Crippen LogP contribution in [-0.2, 0) is 9.59 Å². The largest absolute Gasteiger partial charge is 0.480 e. The van der Waals surface area contributed by atoms with Gasteiger partial charge in [-0.05, 0) is 18.8 Å². The SMILES string of the molecule is CCCN(CC(=O)O)C(=O)C(CN)CC(C)C. The highest BCUT2D eigenvalue weighted by Crippen LogP contribution is 2.14. The summed E-state index contributed by atoms with van der Waals surface area (Å²) >= 11 is 0. The molecule has 100 valence electrons. The molecule has 0 radical (unpaired) electrons. The fourth-order valence-corrected chi connectivity index (χ4v) is 1.83. The van der Waals surface area contributed by atoms with Crippen LogP contribution in [-0.4, -0.2) is 41.5 Å². The standard InChI is InChI=1S/C12H24N2O3/c1-4-5-14(8-11(15)16)12(17)10(7-13)6-9(2)3/h9-10H,4-8,13H2,1-3H3,(H,15,16). The second-order valence-electron chi connectivity index (χ2n) is 4.72. The average molecular weight is 244 g/mol. The van der Waals surface area contributed by atoms with Gasteiger partial charge in [0.2, 0.25) is 5.91 Å². The number of hydrogen-bond acceptors (Lipinski definition) is 3. The summed E-state index contributed by atoms with van der Waals surface area (Å²) in [6.07, 6.45) is 1.45. The van der Waals surface area contributed by atoms with Gasteiger partial charge in [-0.3, -0.25) is 9.59 Å². The third-order valence-electron chi connectivity index (χ3n) is 2.52. The molecule has 0 fully saturated rings. The Labute approximate surface area is 103 Å². The van der Waals surface area contributed by atoms with Gasteiger partial charge in [-0.25, -0.2) is 0 Å². The molecular formula is C12H24N2O3. The van der Waals surface area contributed by atoms with Crippen LogP contribution in [0.25, 0.3) is 0 Å². The van der Waals surface area contributed by atoms with Crippen molar-refractivity contribution in [3.05, 3.63) is 0 Å². The Morgan fingerprint density at radius 3 is 2.29 bits per heavy atom. The molecule has 0 aliphatic carbocycles. The van der Waals surface area contributed by atoms with E-state index in [9.17, 15) is 9.59 Å². The van der Waals surface area contributed by atoms with E-state index in [1.807, 2.05) is 20.8 Å². The minimum absolute atomic E-state index is 0.134. The predicted molar refractivity (Wildman–Crippen MR) is 66.5 cm³/mol. The van der Waals surface area contributed by atoms with Gasteiger partial charge in [0.1, 0.15) is 6.54 Å². The lowest BCUT2D eigenvalue weighted by atomic mass is 9.96. The number of carbonyl (C=O) groups excluding carboxylic acids is 1. The molecule has 0 heterocycles. The topological polar surface area (TPSA) is 83.6 Å². The fraction of sp³-hybridized carbons (Fsp3) is 0.833. The summed E-state index contributed by atoms with van der Waals surface area (Å²) in [6, 6.07) is 0. The zero-order chi connectivity index (χ0) is 13.4. The van der Waals surface area contributed by atoms with Crippen molar-refractivity contribution in [1.82, 2.24) is 4.90 Å². The Kier molecular flexibility index (Phi) is 7.54. The van der Waals surface area contributed by atoms with E-state index in [-0.39, 0.29) is 24.9 Å². The molecule has 0 bridgehead atoms. The zero-order valence-corrected chi connectivity index (χ0v) is 11.0. The van der Waals surface area contributed by atoms with Crippen molar-refractivity contribution in [2.24, 2.45) is 17.6 Å². The maximum atomic E-state index is 12.1. The Morgan fingerprint density at radius 1 is 1.35 bits per heavy atom. The zero-order valence-electron chi connectivity index (χ0n) is 11.0. The van der Waals surface area contributed by atoms with Gasteiger partial charge in [0.05, 0.1) is 5.92 Å². The third kappa shape index (κ3) is 6.26. The van der Waals surface area contributed by atoms with Gasteiger partial charge < -0.3 is 15.7 Å². The summed E-state index contributed by atoms with van der Waals surface area (Å²) in [5, 5.41) is 8.77. The van der Waals surface area contributed by atoms with Crippen LogP contribution < -0.4 is 5.73 Å². The Bertz CT molecular complexity index is 254. The summed E-state index contributed by atoms with van der Waals surface area (Å²) in [4.78, 5) is 24.2. The van der Waals surface area contributed by atoms with Crippen LogP contribution >= 0.6 is 0 Å². The quantitative estimate of drug-likeness (QED) is 0.665. The molecule has 5 nitrogen and oxygen atoms in total. The normalized spacial score (nSPS) is 12.5. The van der Waals surface area contributed by atoms with Crippen LogP contribution in [0.15, 0.2) is 0 Å². The number of amides is 1. The summed E-state index contributed by atoms with van der Waals surface area (Å²) in [7, 11) is 0. The molecule has 0 rings (SSSR count). The first-order chi connectivity index (χ1) is 7.92. The van der Waals surface area contributed by atoms with Gasteiger partial charge in [-0.2, -0.15) is 0 Å². The number of rotatable bonds is 8. The molecule has 0 aliphatic rings. The van der Waals surface area contributed by atoms with E-state index in [4.69, 9.17) is 10.8 Å². The van der Waals surface area contributed by atoms with Crippen molar-refractivity contribution in [2.45, 2.75) is 33.6 Å². The molecule has 1 unspecified atom stereocenters. The lowest BCUT2D eigenvalue weighted by molar-refractivity contribution is -0.146. The van der Waals surface area contributed by atoms with Gasteiger partial charge in [0.25, 0.3) is 0 Å². The molecule has 0 aliphatic heterocycles. The van der Waals surface area contributed by atoms with Crippen molar-refractivity contribution in [1.29, 1.82) is 0 Å². The molecular weight excluding hydrogens is 220 g/mol. The van der Waals surface area contributed by atoms with Crippen LogP contribution in [0.1, 0.15) is 33.6 Å². The lowest BCUT2D eigenvalue weighted by Crippen LogP contribution is -2.42. The van der Waals surface area contributed by atoms with Crippen molar-refractivity contribution >= 4 is 11.9 Å². The van der Waals surface area contributed by atoms with Gasteiger partial charge in [-0.15, -0.1) is 0 Å². The van der Waals surface area contributed by atoms with Crippen LogP contribution in [0.2, 0.25) is 0 Å². The molecule has 0 aromatic carbocycles. The second-order valence-corrected chi connectivity index (χ2v) is 4.72. The number of carboxylic acid groups (broad SMARTS) is 1. The molecule has 0 saturated heterocycles. The number of nitrogens with zero attached hydrogens (tertiary/aromatic N) is 1. The predicted octanol–water partition coefficient (Wildman–Crippen LogP) is 0.931. The highest BCUT2D eigenvalue weighted by molar-refractivity contribution is 5.83. The molecule has 0 aromatic heterocycles. The number of nitrogens with two attached hydrogens (primary N) is 1. The number of carbonyl (C=O) groups is 2. The number of hydrogen-bond donors (Lipinski definition) is 2. The third-order valence-corrected chi connectivity index (χ3v) is 2.52. The molecule has 0 spiro atoms. The molecule has 1 amide bonds. The Balaban J connectivity index is 4.59. The van der Waals surface area contributed by atoms with Crippen molar-refractivity contribution in [3.63, 3.8) is 0 Å². The molecule has 5 heteroatoms. The lowest BCUT2D eigenvalue weighted by Gasteiger charge is -2.25. The maximum absolute atomic E-state index is 12.1. The molecule has 3 N–H and O–H groups in total. The first-order valence-electron chi connectivity index (χ1n) is 6.12. The van der Waals surface area contributed by atoms with Crippen molar-refractivity contribution in [2.75, 3.05) is 19.6 Å². The summed E-state index contributed by atoms with van der Waals surface area (Å²) in [6.45, 7) is 6.48. The minimum Gasteiger partial charge on any atom is -0.480 e. The van der Waals surface area contributed by atoms with Crippen molar-refractivity contribution in [3.8, 4) is 0 Å². The average Bonchev–Trinajstić information content (AvgIpc) is 2.23. The molecule has 1 atom stereocenters. The highest BCUT2D eigenvalue weighted by atomic mass is 16.4. The van der Waals surface area contributed by atoms with E-state index in [0.717, 1.165) is 6.42 Å². The molecule has 0 saturated carbocycles. The van der Waals surface area contributed by atoms with E-state index >= 15 is 0 Å². The van der Waals surface area contributed by atoms with Crippen LogP contribution in [0.4, 0.5) is 0 Å². The van der Waals surface area contributed by atoms with Crippen LogP contribution in [0, 0.1) is 11.8 Å². The number of carboxylic acids is 1. The van der Waals surface area contributed by atoms with Crippen LogP contribution in [0.5, 0.6) is 0 Å². The first-order valence-corrected chi connectivity index (χ1v) is 6.12. The Morgan fingerprint density at radius 2 is 1.94 bits per heavy atom. The second kappa shape index (κ2) is 8.06. The summed E-state index contributed by atoms with van der Waals surface area (Å²) < 4.78 is 0. The van der Waals surface area contributed by atoms with E-state index in [1.54, 1.807) is 0 Å². The molecule has 0 aromatic rings. The van der Waals surface area contributed by atoms with Crippen LogP contribution in [0.3, 0.4) is 0 Å². The summed E-state index contributed by atoms with van der Waals surface area (Å²) in [5.41, 5.74) is 5.59.